The van der Waals surface area contributed by atoms with Gasteiger partial charge in [-0.05, 0) is 62.3 Å². The van der Waals surface area contributed by atoms with Gasteiger partial charge >= 0.3 is 14.2 Å². The van der Waals surface area contributed by atoms with Crippen LogP contribution in [-0.4, -0.2) is 36.6 Å². The highest BCUT2D eigenvalue weighted by Gasteiger charge is 2.53. The Morgan fingerprint density at radius 3 is 1.38 bits per heavy atom. The molecule has 0 spiro atoms. The lowest BCUT2D eigenvalue weighted by Gasteiger charge is -2.32. The zero-order valence-corrected chi connectivity index (χ0v) is 14.9. The third kappa shape index (κ3) is 2.96. The molecule has 0 amide bonds. The minimum atomic E-state index is -0.367. The largest absolute Gasteiger partial charge is 0.489 e. The summed E-state index contributed by atoms with van der Waals surface area (Å²) in [5, 5.41) is 0. The molecule has 2 saturated heterocycles. The highest BCUT2D eigenvalue weighted by atomic mass is 16.7. The van der Waals surface area contributed by atoms with Crippen LogP contribution in [0.4, 0.5) is 0 Å². The maximum Gasteiger partial charge on any atom is 0.489 e. The van der Waals surface area contributed by atoms with Gasteiger partial charge in [-0.25, -0.2) is 0 Å². The summed E-state index contributed by atoms with van der Waals surface area (Å²) < 4.78 is 24.1. The first kappa shape index (κ1) is 17.1. The number of hydrogen-bond acceptors (Lipinski definition) is 4. The summed E-state index contributed by atoms with van der Waals surface area (Å²) in [6.07, 6.45) is 0. The van der Waals surface area contributed by atoms with E-state index < -0.39 is 0 Å². The van der Waals surface area contributed by atoms with Gasteiger partial charge in [0.05, 0.1) is 22.4 Å². The van der Waals surface area contributed by atoms with Crippen molar-refractivity contribution < 1.29 is 18.6 Å². The third-order valence-electron chi connectivity index (χ3n) is 5.30. The molecule has 0 N–H and O–H groups in total. The molecular weight excluding hydrogens is 266 g/mol. The summed E-state index contributed by atoms with van der Waals surface area (Å²) in [4.78, 5) is 0. The van der Waals surface area contributed by atoms with E-state index in [9.17, 15) is 0 Å². The Kier molecular flexibility index (Phi) is 3.94. The van der Waals surface area contributed by atoms with Crippen LogP contribution in [0.25, 0.3) is 0 Å². The van der Waals surface area contributed by atoms with E-state index >= 15 is 0 Å². The average molecular weight is 294 g/mol. The Morgan fingerprint density at radius 2 is 1.00 bits per heavy atom. The molecule has 2 aliphatic rings. The Morgan fingerprint density at radius 1 is 0.667 bits per heavy atom. The normalized spacial score (nSPS) is 30.0. The van der Waals surface area contributed by atoms with Gasteiger partial charge in [0.2, 0.25) is 0 Å². The molecule has 0 unspecified atom stereocenters. The molecule has 2 rings (SSSR count). The van der Waals surface area contributed by atoms with E-state index in [1.54, 1.807) is 0 Å². The molecule has 0 aromatic rings. The molecule has 0 aliphatic carbocycles. The maximum atomic E-state index is 6.04. The van der Waals surface area contributed by atoms with Crippen LogP contribution in [0, 0.1) is 0 Å². The molecule has 0 bridgehead atoms. The molecular formula is C15H28B2O4. The smallest absolute Gasteiger partial charge is 0.400 e. The van der Waals surface area contributed by atoms with Crippen molar-refractivity contribution in [2.45, 2.75) is 84.7 Å². The SMILES string of the molecule is C/C(=C\B1OC(C)(C)C(C)(C)O1)B1OC(C)(C)C(C)(C)O1. The molecule has 0 aromatic heterocycles. The van der Waals surface area contributed by atoms with Crippen LogP contribution in [0.3, 0.4) is 0 Å². The van der Waals surface area contributed by atoms with Crippen LogP contribution >= 0.6 is 0 Å². The Balaban J connectivity index is 2.11. The molecule has 4 nitrogen and oxygen atoms in total. The van der Waals surface area contributed by atoms with E-state index in [2.05, 4.69) is 27.7 Å². The van der Waals surface area contributed by atoms with Crippen molar-refractivity contribution in [2.24, 2.45) is 0 Å². The Labute approximate surface area is 129 Å². The molecule has 118 valence electrons. The molecule has 2 heterocycles. The quantitative estimate of drug-likeness (QED) is 0.733. The number of hydrogen-bond donors (Lipinski definition) is 0. The lowest BCUT2D eigenvalue weighted by atomic mass is 9.72. The maximum absolute atomic E-state index is 6.04. The molecule has 2 fully saturated rings. The molecule has 6 heteroatoms. The van der Waals surface area contributed by atoms with Crippen molar-refractivity contribution in [3.05, 3.63) is 11.4 Å². The summed E-state index contributed by atoms with van der Waals surface area (Å²) >= 11 is 0. The lowest BCUT2D eigenvalue weighted by Crippen LogP contribution is -2.41. The van der Waals surface area contributed by atoms with Crippen molar-refractivity contribution in [3.8, 4) is 0 Å². The van der Waals surface area contributed by atoms with E-state index in [1.165, 1.54) is 0 Å². The van der Waals surface area contributed by atoms with E-state index in [-0.39, 0.29) is 36.6 Å². The minimum Gasteiger partial charge on any atom is -0.400 e. The van der Waals surface area contributed by atoms with Crippen molar-refractivity contribution in [1.29, 1.82) is 0 Å². The lowest BCUT2D eigenvalue weighted by molar-refractivity contribution is 0.00578. The fourth-order valence-corrected chi connectivity index (χ4v) is 2.28. The molecule has 0 radical (unpaired) electrons. The summed E-state index contributed by atoms with van der Waals surface area (Å²) in [6, 6.07) is 0. The summed E-state index contributed by atoms with van der Waals surface area (Å²) in [5.41, 5.74) is -0.340. The first-order chi connectivity index (χ1) is 9.27. The van der Waals surface area contributed by atoms with Gasteiger partial charge in [-0.2, -0.15) is 0 Å². The van der Waals surface area contributed by atoms with E-state index in [0.29, 0.717) is 0 Å². The zero-order valence-electron chi connectivity index (χ0n) is 14.9. The molecule has 2 aliphatic heterocycles. The predicted molar refractivity (Wildman–Crippen MR) is 85.9 cm³/mol. The first-order valence-electron chi connectivity index (χ1n) is 7.67. The van der Waals surface area contributed by atoms with Crippen LogP contribution in [0.5, 0.6) is 0 Å². The van der Waals surface area contributed by atoms with Gasteiger partial charge in [0.15, 0.2) is 0 Å². The highest BCUT2D eigenvalue weighted by molar-refractivity contribution is 6.60. The zero-order chi connectivity index (χ0) is 16.3. The van der Waals surface area contributed by atoms with Gasteiger partial charge in [0.1, 0.15) is 0 Å². The van der Waals surface area contributed by atoms with Crippen LogP contribution < -0.4 is 0 Å². The topological polar surface area (TPSA) is 36.9 Å². The van der Waals surface area contributed by atoms with Gasteiger partial charge in [-0.3, -0.25) is 0 Å². The van der Waals surface area contributed by atoms with Crippen LogP contribution in [0.15, 0.2) is 11.4 Å². The van der Waals surface area contributed by atoms with Crippen LogP contribution in [-0.2, 0) is 18.6 Å². The Bertz CT molecular complexity index is 423. The standard InChI is InChI=1S/C15H28B2O4/c1-11(17-20-14(6,7)15(8,9)21-17)10-16-18-12(2,3)13(4,5)19-16/h10H,1-9H3/b11-10+. The first-order valence-corrected chi connectivity index (χ1v) is 7.67. The monoisotopic (exact) mass is 294 g/mol. The van der Waals surface area contributed by atoms with Gasteiger partial charge in [0, 0.05) is 0 Å². The third-order valence-corrected chi connectivity index (χ3v) is 5.30. The van der Waals surface area contributed by atoms with E-state index in [0.717, 1.165) is 5.47 Å². The summed E-state index contributed by atoms with van der Waals surface area (Å²) in [6.45, 7) is 18.4. The summed E-state index contributed by atoms with van der Waals surface area (Å²) in [5.74, 6) is 1.96. The van der Waals surface area contributed by atoms with Crippen molar-refractivity contribution in [2.75, 3.05) is 0 Å². The van der Waals surface area contributed by atoms with Gasteiger partial charge < -0.3 is 18.6 Å². The van der Waals surface area contributed by atoms with Crippen LogP contribution in [0.2, 0.25) is 0 Å². The van der Waals surface area contributed by atoms with Gasteiger partial charge in [-0.15, -0.1) is 0 Å². The summed E-state index contributed by atoms with van der Waals surface area (Å²) in [7, 11) is -0.719. The average Bonchev–Trinajstić information content (AvgIpc) is 2.57. The molecule has 0 atom stereocenters. The van der Waals surface area contributed by atoms with Gasteiger partial charge in [-0.1, -0.05) is 11.4 Å². The van der Waals surface area contributed by atoms with Crippen molar-refractivity contribution in [1.82, 2.24) is 0 Å². The number of rotatable bonds is 2. The fourth-order valence-electron chi connectivity index (χ4n) is 2.28. The molecule has 21 heavy (non-hydrogen) atoms. The highest BCUT2D eigenvalue weighted by Crippen LogP contribution is 2.40. The second-order valence-electron chi connectivity index (χ2n) is 8.12. The van der Waals surface area contributed by atoms with Gasteiger partial charge in [0.25, 0.3) is 0 Å². The minimum absolute atomic E-state index is 0.329. The van der Waals surface area contributed by atoms with E-state index in [1.807, 2.05) is 40.6 Å². The number of allylic oxidation sites excluding steroid dienone is 1. The predicted octanol–water partition coefficient (Wildman–Crippen LogP) is 3.20. The molecule has 0 aromatic carbocycles. The Hall–Kier alpha value is -0.290. The van der Waals surface area contributed by atoms with Crippen molar-refractivity contribution >= 4 is 14.2 Å². The second-order valence-corrected chi connectivity index (χ2v) is 8.12. The van der Waals surface area contributed by atoms with Crippen LogP contribution in [0.1, 0.15) is 62.3 Å². The second kappa shape index (κ2) is 4.85. The van der Waals surface area contributed by atoms with Crippen molar-refractivity contribution in [3.63, 3.8) is 0 Å². The fraction of sp³-hybridized carbons (Fsp3) is 0.867. The molecule has 0 saturated carbocycles. The van der Waals surface area contributed by atoms with E-state index in [4.69, 9.17) is 18.6 Å².